The molecule has 0 fully saturated rings. The van der Waals surface area contributed by atoms with Gasteiger partial charge in [-0.1, -0.05) is 60.7 Å². The Bertz CT molecular complexity index is 808. The van der Waals surface area contributed by atoms with Gasteiger partial charge in [0.15, 0.2) is 0 Å². The second-order valence-corrected chi connectivity index (χ2v) is 5.09. The van der Waals surface area contributed by atoms with E-state index in [-0.39, 0.29) is 5.57 Å². The maximum absolute atomic E-state index is 12.3. The number of esters is 2. The minimum absolute atomic E-state index is 0.0295. The summed E-state index contributed by atoms with van der Waals surface area (Å²) in [6.45, 7) is 0. The summed E-state index contributed by atoms with van der Waals surface area (Å²) in [6.07, 6.45) is 1.09. The van der Waals surface area contributed by atoms with E-state index in [0.717, 1.165) is 11.6 Å². The molecule has 2 N–H and O–H groups in total. The number of hydrogen-bond donors (Lipinski definition) is 1. The van der Waals surface area contributed by atoms with Gasteiger partial charge < -0.3 is 15.2 Å². The normalized spacial score (nSPS) is 12.2. The van der Waals surface area contributed by atoms with E-state index in [1.807, 2.05) is 48.5 Å². The number of hydrogen-bond acceptors (Lipinski definition) is 5. The van der Waals surface area contributed by atoms with Crippen molar-refractivity contribution in [1.82, 2.24) is 0 Å². The molecule has 2 aromatic carbocycles. The van der Waals surface area contributed by atoms with Crippen LogP contribution in [0.1, 0.15) is 11.1 Å². The van der Waals surface area contributed by atoms with Crippen LogP contribution in [-0.2, 0) is 19.1 Å². The van der Waals surface area contributed by atoms with Crippen LogP contribution in [0.5, 0.6) is 0 Å². The zero-order valence-corrected chi connectivity index (χ0v) is 14.1. The molecular formula is C20H19NO4. The Kier molecular flexibility index (Phi) is 6.12. The highest BCUT2D eigenvalue weighted by atomic mass is 16.5. The van der Waals surface area contributed by atoms with Gasteiger partial charge in [-0.05, 0) is 11.1 Å². The van der Waals surface area contributed by atoms with Crippen molar-refractivity contribution in [3.8, 4) is 0 Å². The van der Waals surface area contributed by atoms with Crippen molar-refractivity contribution in [2.24, 2.45) is 5.73 Å². The lowest BCUT2D eigenvalue weighted by atomic mass is 9.93. The molecule has 0 unspecified atom stereocenters. The van der Waals surface area contributed by atoms with Crippen molar-refractivity contribution in [1.29, 1.82) is 0 Å². The molecule has 0 radical (unpaired) electrons. The molecular weight excluding hydrogens is 318 g/mol. The molecule has 25 heavy (non-hydrogen) atoms. The van der Waals surface area contributed by atoms with Crippen LogP contribution in [0.15, 0.2) is 72.3 Å². The molecule has 5 nitrogen and oxygen atoms in total. The predicted molar refractivity (Wildman–Crippen MR) is 96.0 cm³/mol. The molecule has 2 rings (SSSR count). The summed E-state index contributed by atoms with van der Waals surface area (Å²) < 4.78 is 9.50. The van der Waals surface area contributed by atoms with Gasteiger partial charge >= 0.3 is 11.9 Å². The van der Waals surface area contributed by atoms with E-state index in [9.17, 15) is 9.59 Å². The van der Waals surface area contributed by atoms with Crippen LogP contribution < -0.4 is 5.73 Å². The third-order valence-electron chi connectivity index (χ3n) is 3.55. The number of carbonyl (C=O) groups excluding carboxylic acids is 2. The van der Waals surface area contributed by atoms with Crippen LogP contribution in [0.3, 0.4) is 0 Å². The van der Waals surface area contributed by atoms with Crippen LogP contribution in [0.2, 0.25) is 0 Å². The van der Waals surface area contributed by atoms with Crippen molar-refractivity contribution < 1.29 is 19.1 Å². The average molecular weight is 337 g/mol. The molecule has 0 aliphatic carbocycles. The van der Waals surface area contributed by atoms with Gasteiger partial charge in [0.25, 0.3) is 0 Å². The fourth-order valence-electron chi connectivity index (χ4n) is 2.34. The molecule has 2 aromatic rings. The van der Waals surface area contributed by atoms with Gasteiger partial charge in [-0.3, -0.25) is 0 Å². The van der Waals surface area contributed by atoms with E-state index in [1.54, 1.807) is 12.1 Å². The van der Waals surface area contributed by atoms with Gasteiger partial charge in [-0.25, -0.2) is 9.59 Å². The standard InChI is InChI=1S/C20H19NO4/c1-24-17(22)13-16(20(23)25-2)18(14-9-5-3-6-10-14)19(21)15-11-7-4-8-12-15/h3-13H,21H2,1-2H3/b16-13-,19-18-. The van der Waals surface area contributed by atoms with Gasteiger partial charge in [0.2, 0.25) is 0 Å². The Hall–Kier alpha value is -3.34. The van der Waals surface area contributed by atoms with Crippen molar-refractivity contribution in [3.63, 3.8) is 0 Å². The van der Waals surface area contributed by atoms with E-state index >= 15 is 0 Å². The third-order valence-corrected chi connectivity index (χ3v) is 3.55. The van der Waals surface area contributed by atoms with Crippen molar-refractivity contribution in [2.45, 2.75) is 0 Å². The lowest BCUT2D eigenvalue weighted by Crippen LogP contribution is -2.13. The first kappa shape index (κ1) is 18.0. The Morgan fingerprint density at radius 2 is 1.36 bits per heavy atom. The van der Waals surface area contributed by atoms with Crippen LogP contribution in [0.25, 0.3) is 11.3 Å². The fourth-order valence-corrected chi connectivity index (χ4v) is 2.34. The first-order chi connectivity index (χ1) is 12.1. The smallest absolute Gasteiger partial charge is 0.338 e. The van der Waals surface area contributed by atoms with Gasteiger partial charge in [0, 0.05) is 17.3 Å². The molecule has 0 heterocycles. The summed E-state index contributed by atoms with van der Waals surface area (Å²) >= 11 is 0. The predicted octanol–water partition coefficient (Wildman–Crippen LogP) is 2.79. The van der Waals surface area contributed by atoms with Crippen LogP contribution in [0, 0.1) is 0 Å². The zero-order valence-electron chi connectivity index (χ0n) is 14.1. The maximum atomic E-state index is 12.3. The molecule has 128 valence electrons. The molecule has 0 aromatic heterocycles. The number of benzene rings is 2. The van der Waals surface area contributed by atoms with E-state index in [4.69, 9.17) is 10.5 Å². The molecule has 0 spiro atoms. The van der Waals surface area contributed by atoms with E-state index in [2.05, 4.69) is 4.74 Å². The van der Waals surface area contributed by atoms with Crippen molar-refractivity contribution in [2.75, 3.05) is 14.2 Å². The summed E-state index contributed by atoms with van der Waals surface area (Å²) in [5.41, 5.74) is 8.56. The van der Waals surface area contributed by atoms with Gasteiger partial charge in [-0.2, -0.15) is 0 Å². The quantitative estimate of drug-likeness (QED) is 0.393. The lowest BCUT2D eigenvalue weighted by molar-refractivity contribution is -0.138. The highest BCUT2D eigenvalue weighted by Crippen LogP contribution is 2.30. The van der Waals surface area contributed by atoms with Crippen LogP contribution in [0.4, 0.5) is 0 Å². The molecule has 0 saturated heterocycles. The summed E-state index contributed by atoms with van der Waals surface area (Å²) in [6, 6.07) is 18.3. The van der Waals surface area contributed by atoms with Crippen LogP contribution in [-0.4, -0.2) is 26.2 Å². The van der Waals surface area contributed by atoms with E-state index < -0.39 is 11.9 Å². The molecule has 0 atom stereocenters. The zero-order chi connectivity index (χ0) is 18.2. The van der Waals surface area contributed by atoms with E-state index in [0.29, 0.717) is 16.8 Å². The van der Waals surface area contributed by atoms with Gasteiger partial charge in [0.05, 0.1) is 19.8 Å². The SMILES string of the molecule is COC(=O)/C=C(C(=O)OC)/C(=C(\N)c1ccccc1)c1ccccc1. The van der Waals surface area contributed by atoms with Gasteiger partial charge in [-0.15, -0.1) is 0 Å². The second kappa shape index (κ2) is 8.49. The molecule has 5 heteroatoms. The average Bonchev–Trinajstić information content (AvgIpc) is 2.68. The second-order valence-electron chi connectivity index (χ2n) is 5.09. The summed E-state index contributed by atoms with van der Waals surface area (Å²) in [7, 11) is 2.48. The minimum Gasteiger partial charge on any atom is -0.466 e. The molecule has 0 saturated carbocycles. The first-order valence-corrected chi connectivity index (χ1v) is 7.57. The fraction of sp³-hybridized carbons (Fsp3) is 0.100. The Morgan fingerprint density at radius 3 is 1.84 bits per heavy atom. The Morgan fingerprint density at radius 1 is 0.840 bits per heavy atom. The number of ether oxygens (including phenoxy) is 2. The first-order valence-electron chi connectivity index (χ1n) is 7.57. The molecule has 0 amide bonds. The lowest BCUT2D eigenvalue weighted by Gasteiger charge is -2.15. The minimum atomic E-state index is -0.678. The molecule has 0 aliphatic heterocycles. The van der Waals surface area contributed by atoms with Crippen molar-refractivity contribution >= 4 is 23.2 Å². The Labute approximate surface area is 146 Å². The number of rotatable bonds is 5. The van der Waals surface area contributed by atoms with E-state index in [1.165, 1.54) is 14.2 Å². The summed E-state index contributed by atoms with van der Waals surface area (Å²) in [4.78, 5) is 24.1. The van der Waals surface area contributed by atoms with Crippen molar-refractivity contribution in [3.05, 3.63) is 83.4 Å². The number of nitrogens with two attached hydrogens (primary N) is 1. The largest absolute Gasteiger partial charge is 0.466 e. The number of carbonyl (C=O) groups is 2. The van der Waals surface area contributed by atoms with Crippen LogP contribution >= 0.6 is 0 Å². The third kappa shape index (κ3) is 4.35. The molecule has 0 aliphatic rings. The number of methoxy groups -OCH3 is 2. The highest BCUT2D eigenvalue weighted by Gasteiger charge is 2.22. The maximum Gasteiger partial charge on any atom is 0.338 e. The topological polar surface area (TPSA) is 78.6 Å². The summed E-state index contributed by atoms with van der Waals surface area (Å²) in [5, 5.41) is 0. The Balaban J connectivity index is 2.76. The highest BCUT2D eigenvalue weighted by molar-refractivity contribution is 6.15. The molecule has 0 bridgehead atoms. The summed E-state index contributed by atoms with van der Waals surface area (Å²) in [5.74, 6) is -1.35. The van der Waals surface area contributed by atoms with Gasteiger partial charge in [0.1, 0.15) is 0 Å². The monoisotopic (exact) mass is 337 g/mol.